The normalized spacial score (nSPS) is 22.4. The smallest absolute Gasteiger partial charge is 0.183 e. The fourth-order valence-corrected chi connectivity index (χ4v) is 6.72. The third kappa shape index (κ3) is 7.34. The number of nitrogens with two attached hydrogens (primary N) is 1. The van der Waals surface area contributed by atoms with Gasteiger partial charge in [0.15, 0.2) is 17.7 Å². The first-order chi connectivity index (χ1) is 22.7. The van der Waals surface area contributed by atoms with Crippen LogP contribution in [-0.2, 0) is 24.1 Å². The lowest BCUT2D eigenvalue weighted by molar-refractivity contribution is -0.121. The first kappa shape index (κ1) is 32.7. The number of benzene rings is 2. The van der Waals surface area contributed by atoms with Gasteiger partial charge >= 0.3 is 0 Å². The number of aryl methyl sites for hydroxylation is 1. The number of Topliss-reactive ketones (excluding diaryl/α,β-unsaturated/α-hetero) is 1. The largest absolute Gasteiger partial charge is 0.504 e. The van der Waals surface area contributed by atoms with Crippen LogP contribution in [0.2, 0.25) is 0 Å². The molecule has 0 spiro atoms. The van der Waals surface area contributed by atoms with E-state index in [1.807, 2.05) is 42.6 Å². The van der Waals surface area contributed by atoms with Gasteiger partial charge in [-0.1, -0.05) is 43.4 Å². The van der Waals surface area contributed by atoms with Crippen LogP contribution in [0.5, 0.6) is 11.5 Å². The van der Waals surface area contributed by atoms with Gasteiger partial charge in [0.25, 0.3) is 0 Å². The minimum Gasteiger partial charge on any atom is -0.504 e. The summed E-state index contributed by atoms with van der Waals surface area (Å²) in [6.07, 6.45) is 5.83. The molecular weight excluding hydrogens is 596 g/mol. The fourth-order valence-electron chi connectivity index (χ4n) is 6.72. The van der Waals surface area contributed by atoms with Crippen molar-refractivity contribution in [2.24, 2.45) is 15.7 Å². The van der Waals surface area contributed by atoms with Crippen molar-refractivity contribution < 1.29 is 30.0 Å². The van der Waals surface area contributed by atoms with Crippen molar-refractivity contribution in [3.8, 4) is 23.3 Å². The number of allylic oxidation sites excluding steroid dienone is 1. The van der Waals surface area contributed by atoms with Crippen molar-refractivity contribution in [2.45, 2.75) is 95.4 Å². The maximum atomic E-state index is 12.6. The number of aliphatic hydroxyl groups excluding tert-OH is 3. The molecule has 2 aromatic rings. The average Bonchev–Trinajstić information content (AvgIpc) is 3.62. The Hall–Kier alpha value is -4.27. The van der Waals surface area contributed by atoms with Gasteiger partial charge < -0.3 is 35.8 Å². The Kier molecular flexibility index (Phi) is 9.89. The molecule has 4 aliphatic heterocycles. The number of hydrogen-bond donors (Lipinski definition) is 5. The summed E-state index contributed by atoms with van der Waals surface area (Å²) in [5.74, 6) is 6.27. The van der Waals surface area contributed by atoms with Crippen molar-refractivity contribution in [1.82, 2.24) is 4.90 Å². The van der Waals surface area contributed by atoms with E-state index in [4.69, 9.17) is 10.5 Å². The third-order valence-electron chi connectivity index (χ3n) is 9.23. The standard InChI is InChI=1S/C37H42N4O6/c1-2-4-24(42)17-26(44)18-25(43)9-7-22-8-12-34(46)35(15-22)47-36-6-3-5-33(45)28-10-11-29-27(13-14-39-37(29)38)30(28)16-23-19-40-32-21-41(36)20-31(23)32/h8,10-12,14-15,19,21,24,26,33,36-37,42,44-46H,2,4,6-7,9,13,16-18,20,38H2,1H3. The quantitative estimate of drug-likeness (QED) is 0.233. The Morgan fingerprint density at radius 2 is 2.00 bits per heavy atom. The number of aromatic hydroxyl groups is 1. The summed E-state index contributed by atoms with van der Waals surface area (Å²) in [5.41, 5.74) is 13.9. The lowest BCUT2D eigenvalue weighted by Gasteiger charge is -2.28. The molecule has 4 aliphatic rings. The van der Waals surface area contributed by atoms with E-state index in [9.17, 15) is 25.2 Å². The molecule has 0 aromatic heterocycles. The van der Waals surface area contributed by atoms with Gasteiger partial charge in [-0.3, -0.25) is 14.8 Å². The molecule has 6 rings (SSSR count). The topological polar surface area (TPSA) is 161 Å². The van der Waals surface area contributed by atoms with E-state index in [0.29, 0.717) is 32.2 Å². The van der Waals surface area contributed by atoms with E-state index in [0.717, 1.165) is 51.1 Å². The summed E-state index contributed by atoms with van der Waals surface area (Å²) < 4.78 is 6.39. The number of aliphatic imine (C=N–C) groups is 2. The lowest BCUT2D eigenvalue weighted by atomic mass is 9.85. The Bertz CT molecular complexity index is 1720. The minimum atomic E-state index is -1.02. The highest BCUT2D eigenvalue weighted by Gasteiger charge is 2.32. The number of ketones is 1. The second-order valence-electron chi connectivity index (χ2n) is 12.7. The molecule has 0 aliphatic carbocycles. The summed E-state index contributed by atoms with van der Waals surface area (Å²) in [6, 6.07) is 8.85. The Morgan fingerprint density at radius 1 is 1.17 bits per heavy atom. The first-order valence-corrected chi connectivity index (χ1v) is 16.4. The van der Waals surface area contributed by atoms with Crippen molar-refractivity contribution in [2.75, 3.05) is 6.54 Å². The highest BCUT2D eigenvalue weighted by Crippen LogP contribution is 2.38. The molecule has 10 nitrogen and oxygen atoms in total. The predicted octanol–water partition coefficient (Wildman–Crippen LogP) is 3.71. The molecule has 246 valence electrons. The molecule has 6 N–H and O–H groups in total. The summed E-state index contributed by atoms with van der Waals surface area (Å²) >= 11 is 0. The third-order valence-corrected chi connectivity index (χ3v) is 9.23. The van der Waals surface area contributed by atoms with E-state index in [2.05, 4.69) is 21.8 Å². The second kappa shape index (κ2) is 14.2. The van der Waals surface area contributed by atoms with Crippen LogP contribution in [0.4, 0.5) is 0 Å². The van der Waals surface area contributed by atoms with Crippen LogP contribution in [0.1, 0.15) is 85.5 Å². The first-order valence-electron chi connectivity index (χ1n) is 16.4. The number of hydrogen-bond acceptors (Lipinski definition) is 10. The molecule has 0 amide bonds. The van der Waals surface area contributed by atoms with Crippen LogP contribution >= 0.6 is 0 Å². The van der Waals surface area contributed by atoms with Crippen LogP contribution in [0.3, 0.4) is 0 Å². The Morgan fingerprint density at radius 3 is 2.83 bits per heavy atom. The highest BCUT2D eigenvalue weighted by atomic mass is 16.5. The SMILES string of the molecule is CCCC(O)CC(O)CC(=O)CCc1ccc(O)c(OC2CC#CC(O)c3ccc4c(c3CC3=C5CN2C=C5N=C3)CC=NC4N)c1. The maximum absolute atomic E-state index is 12.6. The fraction of sp³-hybridized carbons (Fsp3) is 0.432. The van der Waals surface area contributed by atoms with Crippen LogP contribution < -0.4 is 10.5 Å². The predicted molar refractivity (Wildman–Crippen MR) is 179 cm³/mol. The number of fused-ring (bicyclic) bond motifs is 4. The van der Waals surface area contributed by atoms with Gasteiger partial charge in [-0.15, -0.1) is 0 Å². The van der Waals surface area contributed by atoms with Crippen LogP contribution in [0.15, 0.2) is 63.4 Å². The van der Waals surface area contributed by atoms with E-state index in [1.54, 1.807) is 18.2 Å². The van der Waals surface area contributed by atoms with Crippen molar-refractivity contribution in [3.63, 3.8) is 0 Å². The van der Waals surface area contributed by atoms with Crippen molar-refractivity contribution in [3.05, 3.63) is 81.2 Å². The number of phenolic OH excluding ortho intramolecular Hbond substituents is 1. The Balaban J connectivity index is 1.20. The van der Waals surface area contributed by atoms with Crippen molar-refractivity contribution in [1.29, 1.82) is 0 Å². The Labute approximate surface area is 275 Å². The number of ether oxygens (including phenoxy) is 1. The number of carbonyl (C=O) groups excluding carboxylic acids is 1. The molecule has 2 aromatic carbocycles. The molecule has 10 heteroatoms. The molecule has 0 fully saturated rings. The molecule has 5 atom stereocenters. The molecule has 0 radical (unpaired) electrons. The van der Waals surface area contributed by atoms with E-state index >= 15 is 0 Å². The minimum absolute atomic E-state index is 0.00645. The summed E-state index contributed by atoms with van der Waals surface area (Å²) in [6.45, 7) is 2.51. The molecule has 47 heavy (non-hydrogen) atoms. The van der Waals surface area contributed by atoms with E-state index in [1.165, 1.54) is 0 Å². The van der Waals surface area contributed by atoms with Crippen molar-refractivity contribution >= 4 is 18.2 Å². The zero-order valence-electron chi connectivity index (χ0n) is 26.6. The number of aliphatic hydroxyl groups is 3. The second-order valence-corrected chi connectivity index (χ2v) is 12.7. The molecule has 5 unspecified atom stereocenters. The summed E-state index contributed by atoms with van der Waals surface area (Å²) in [7, 11) is 0. The monoisotopic (exact) mass is 638 g/mol. The summed E-state index contributed by atoms with van der Waals surface area (Å²) in [4.78, 5) is 23.6. The number of carbonyl (C=O) groups is 1. The highest BCUT2D eigenvalue weighted by molar-refractivity contribution is 5.88. The van der Waals surface area contributed by atoms with Gasteiger partial charge in [0.1, 0.15) is 18.1 Å². The van der Waals surface area contributed by atoms with Gasteiger partial charge in [-0.25, -0.2) is 0 Å². The number of phenols is 1. The number of nitrogens with zero attached hydrogens (tertiary/aromatic N) is 3. The lowest BCUT2D eigenvalue weighted by Crippen LogP contribution is -2.35. The molecule has 2 bridgehead atoms. The van der Waals surface area contributed by atoms with E-state index < -0.39 is 30.7 Å². The molecular formula is C37H42N4O6. The summed E-state index contributed by atoms with van der Waals surface area (Å²) in [5, 5.41) is 42.1. The zero-order valence-corrected chi connectivity index (χ0v) is 26.6. The zero-order chi connectivity index (χ0) is 33.1. The van der Waals surface area contributed by atoms with Gasteiger partial charge in [0, 0.05) is 56.4 Å². The average molecular weight is 639 g/mol. The van der Waals surface area contributed by atoms with Gasteiger partial charge in [-0.2, -0.15) is 0 Å². The van der Waals surface area contributed by atoms with Crippen LogP contribution in [-0.4, -0.2) is 68.5 Å². The van der Waals surface area contributed by atoms with Gasteiger partial charge in [0.2, 0.25) is 0 Å². The molecule has 0 saturated carbocycles. The maximum Gasteiger partial charge on any atom is 0.183 e. The molecule has 4 heterocycles. The van der Waals surface area contributed by atoms with Gasteiger partial charge in [0.05, 0.1) is 24.3 Å². The number of rotatable bonds is 11. The van der Waals surface area contributed by atoms with Gasteiger partial charge in [-0.05, 0) is 64.8 Å². The molecule has 0 saturated heterocycles. The van der Waals surface area contributed by atoms with Crippen LogP contribution in [0, 0.1) is 11.8 Å². The van der Waals surface area contributed by atoms with Crippen LogP contribution in [0.25, 0.3) is 0 Å². The van der Waals surface area contributed by atoms with E-state index in [-0.39, 0.29) is 43.0 Å².